The van der Waals surface area contributed by atoms with Crippen LogP contribution in [0.1, 0.15) is 11.1 Å². The van der Waals surface area contributed by atoms with Gasteiger partial charge in [0.15, 0.2) is 5.82 Å². The predicted molar refractivity (Wildman–Crippen MR) is 101 cm³/mol. The molecule has 26 heavy (non-hydrogen) atoms. The molecule has 130 valence electrons. The van der Waals surface area contributed by atoms with Crippen molar-refractivity contribution in [3.63, 3.8) is 0 Å². The fourth-order valence-corrected chi connectivity index (χ4v) is 2.51. The molecule has 0 aliphatic rings. The number of hydrogen-bond donors (Lipinski definition) is 2. The molecular weight excluding hydrogens is 328 g/mol. The van der Waals surface area contributed by atoms with E-state index in [1.165, 1.54) is 5.56 Å². The largest absolute Gasteiger partial charge is 0.478 e. The molecule has 2 aromatic heterocycles. The van der Waals surface area contributed by atoms with Gasteiger partial charge in [0.25, 0.3) is 0 Å². The summed E-state index contributed by atoms with van der Waals surface area (Å²) in [6.45, 7) is 0.717. The molecule has 0 atom stereocenters. The van der Waals surface area contributed by atoms with Crippen LogP contribution in [0.15, 0.2) is 67.3 Å². The second-order valence-corrected chi connectivity index (χ2v) is 5.58. The maximum atomic E-state index is 10.7. The van der Waals surface area contributed by atoms with E-state index in [1.807, 2.05) is 36.4 Å². The summed E-state index contributed by atoms with van der Waals surface area (Å²) in [5, 5.41) is 12.1. The Hall–Kier alpha value is -3.54. The molecule has 0 aliphatic carbocycles. The van der Waals surface area contributed by atoms with Gasteiger partial charge < -0.3 is 10.4 Å². The van der Waals surface area contributed by atoms with Gasteiger partial charge in [0.2, 0.25) is 0 Å². The molecule has 1 aromatic carbocycles. The molecule has 0 amide bonds. The number of hydrogen-bond acceptors (Lipinski definition) is 5. The van der Waals surface area contributed by atoms with Gasteiger partial charge in [-0.2, -0.15) is 0 Å². The first-order valence-electron chi connectivity index (χ1n) is 8.17. The number of aliphatic carboxylic acids is 1. The Morgan fingerprint density at radius 3 is 2.69 bits per heavy atom. The van der Waals surface area contributed by atoms with Crippen LogP contribution in [0.4, 0.5) is 5.82 Å². The minimum atomic E-state index is -0.978. The maximum Gasteiger partial charge on any atom is 0.328 e. The lowest BCUT2D eigenvalue weighted by atomic mass is 10.1. The molecule has 3 rings (SSSR count). The van der Waals surface area contributed by atoms with E-state index >= 15 is 0 Å². The normalized spacial score (nSPS) is 10.8. The molecule has 0 bridgehead atoms. The molecule has 0 spiro atoms. The van der Waals surface area contributed by atoms with E-state index in [0.29, 0.717) is 12.4 Å². The Labute approximate surface area is 151 Å². The first kappa shape index (κ1) is 17.3. The lowest BCUT2D eigenvalue weighted by Crippen LogP contribution is -2.08. The van der Waals surface area contributed by atoms with Gasteiger partial charge >= 0.3 is 5.97 Å². The predicted octanol–water partition coefficient (Wildman–Crippen LogP) is 3.29. The number of carbonyl (C=O) groups is 1. The highest BCUT2D eigenvalue weighted by Gasteiger charge is 2.08. The molecule has 6 heteroatoms. The smallest absolute Gasteiger partial charge is 0.328 e. The molecule has 0 unspecified atom stereocenters. The summed E-state index contributed by atoms with van der Waals surface area (Å²) in [5.41, 5.74) is 3.59. The molecule has 3 aromatic rings. The van der Waals surface area contributed by atoms with E-state index in [2.05, 4.69) is 20.3 Å². The number of benzene rings is 1. The monoisotopic (exact) mass is 346 g/mol. The van der Waals surface area contributed by atoms with Gasteiger partial charge in [0.05, 0.1) is 0 Å². The first-order valence-corrected chi connectivity index (χ1v) is 8.17. The second kappa shape index (κ2) is 8.53. The Morgan fingerprint density at radius 1 is 1.08 bits per heavy atom. The Kier molecular flexibility index (Phi) is 5.67. The van der Waals surface area contributed by atoms with Crippen molar-refractivity contribution in [3.8, 4) is 11.3 Å². The Balaban J connectivity index is 1.76. The zero-order chi connectivity index (χ0) is 18.2. The summed E-state index contributed by atoms with van der Waals surface area (Å²) in [5.74, 6) is -0.283. The van der Waals surface area contributed by atoms with Crippen LogP contribution in [0.25, 0.3) is 17.3 Å². The number of rotatable bonds is 7. The Bertz CT molecular complexity index is 910. The van der Waals surface area contributed by atoms with Crippen LogP contribution in [0.3, 0.4) is 0 Å². The van der Waals surface area contributed by atoms with Crippen LogP contribution in [0, 0.1) is 0 Å². The van der Waals surface area contributed by atoms with Gasteiger partial charge in [0.1, 0.15) is 5.69 Å². The van der Waals surface area contributed by atoms with Gasteiger partial charge in [-0.15, -0.1) is 0 Å². The Morgan fingerprint density at radius 2 is 1.88 bits per heavy atom. The van der Waals surface area contributed by atoms with Crippen molar-refractivity contribution in [1.82, 2.24) is 15.0 Å². The van der Waals surface area contributed by atoms with E-state index in [4.69, 9.17) is 5.11 Å². The molecule has 6 nitrogen and oxygen atoms in total. The fraction of sp³-hybridized carbons (Fsp3) is 0.100. The maximum absolute atomic E-state index is 10.7. The van der Waals surface area contributed by atoms with Crippen LogP contribution in [-0.2, 0) is 11.2 Å². The summed E-state index contributed by atoms with van der Waals surface area (Å²) in [4.78, 5) is 23.5. The molecule has 2 N–H and O–H groups in total. The van der Waals surface area contributed by atoms with Crippen LogP contribution >= 0.6 is 0 Å². The molecule has 0 saturated heterocycles. The molecule has 0 aliphatic heterocycles. The minimum Gasteiger partial charge on any atom is -0.478 e. The van der Waals surface area contributed by atoms with Crippen molar-refractivity contribution in [2.75, 3.05) is 11.9 Å². The molecule has 2 heterocycles. The lowest BCUT2D eigenvalue weighted by Gasteiger charge is -2.10. The van der Waals surface area contributed by atoms with Gasteiger partial charge in [-0.05, 0) is 41.8 Å². The number of anilines is 1. The van der Waals surface area contributed by atoms with E-state index in [9.17, 15) is 4.79 Å². The second-order valence-electron chi connectivity index (χ2n) is 5.58. The first-order chi connectivity index (χ1) is 12.7. The number of aromatic nitrogens is 3. The van der Waals surface area contributed by atoms with E-state index in [-0.39, 0.29) is 0 Å². The van der Waals surface area contributed by atoms with Crippen molar-refractivity contribution in [2.45, 2.75) is 6.42 Å². The highest BCUT2D eigenvalue weighted by atomic mass is 16.4. The topological polar surface area (TPSA) is 88.0 Å². The number of nitrogens with zero attached hydrogens (tertiary/aromatic N) is 3. The van der Waals surface area contributed by atoms with E-state index in [0.717, 1.165) is 29.3 Å². The van der Waals surface area contributed by atoms with Gasteiger partial charge in [0, 0.05) is 43.0 Å². The highest BCUT2D eigenvalue weighted by molar-refractivity contribution is 5.85. The van der Waals surface area contributed by atoms with E-state index in [1.54, 1.807) is 30.9 Å². The third-order valence-corrected chi connectivity index (χ3v) is 3.73. The molecule has 0 fully saturated rings. The van der Waals surface area contributed by atoms with Crippen molar-refractivity contribution < 1.29 is 9.90 Å². The molecule has 0 radical (unpaired) electrons. The summed E-state index contributed by atoms with van der Waals surface area (Å²) in [6.07, 6.45) is 10.4. The van der Waals surface area contributed by atoms with Crippen LogP contribution in [0.5, 0.6) is 0 Å². The zero-order valence-corrected chi connectivity index (χ0v) is 14.0. The fourth-order valence-electron chi connectivity index (χ4n) is 2.51. The summed E-state index contributed by atoms with van der Waals surface area (Å²) < 4.78 is 0. The number of pyridine rings is 1. The summed E-state index contributed by atoms with van der Waals surface area (Å²) >= 11 is 0. The van der Waals surface area contributed by atoms with Crippen molar-refractivity contribution in [3.05, 3.63) is 78.4 Å². The quantitative estimate of drug-likeness (QED) is 0.638. The van der Waals surface area contributed by atoms with Crippen LogP contribution < -0.4 is 5.32 Å². The van der Waals surface area contributed by atoms with Crippen molar-refractivity contribution >= 4 is 17.9 Å². The van der Waals surface area contributed by atoms with Crippen molar-refractivity contribution in [1.29, 1.82) is 0 Å². The standard InChI is InChI=1S/C20H18N4O2/c25-18(26)5-4-16-2-1-3-17(14-16)19-20(24-13-12-22-19)23-11-8-15-6-9-21-10-7-15/h1-7,9-10,12-14H,8,11H2,(H,23,24)(H,25,26)/b5-4+. The minimum absolute atomic E-state index is 0.695. The number of nitrogens with one attached hydrogen (secondary N) is 1. The van der Waals surface area contributed by atoms with Gasteiger partial charge in [-0.1, -0.05) is 18.2 Å². The van der Waals surface area contributed by atoms with Crippen LogP contribution in [0.2, 0.25) is 0 Å². The number of carboxylic acids is 1. The third kappa shape index (κ3) is 4.73. The lowest BCUT2D eigenvalue weighted by molar-refractivity contribution is -0.131. The highest BCUT2D eigenvalue weighted by Crippen LogP contribution is 2.24. The van der Waals surface area contributed by atoms with E-state index < -0.39 is 5.97 Å². The average Bonchev–Trinajstić information content (AvgIpc) is 2.68. The SMILES string of the molecule is O=C(O)/C=C/c1cccc(-c2nccnc2NCCc2ccncc2)c1. The van der Waals surface area contributed by atoms with Gasteiger partial charge in [-0.25, -0.2) is 9.78 Å². The van der Waals surface area contributed by atoms with Crippen LogP contribution in [-0.4, -0.2) is 32.6 Å². The summed E-state index contributed by atoms with van der Waals surface area (Å²) in [7, 11) is 0. The molecular formula is C20H18N4O2. The van der Waals surface area contributed by atoms with Gasteiger partial charge in [-0.3, -0.25) is 9.97 Å². The molecule has 0 saturated carbocycles. The van der Waals surface area contributed by atoms with Crippen molar-refractivity contribution in [2.24, 2.45) is 0 Å². The number of carboxylic acid groups (broad SMARTS) is 1. The average molecular weight is 346 g/mol. The zero-order valence-electron chi connectivity index (χ0n) is 14.0. The summed E-state index contributed by atoms with van der Waals surface area (Å²) in [6, 6.07) is 11.5. The third-order valence-electron chi connectivity index (χ3n) is 3.73.